The molecule has 6 heteroatoms. The van der Waals surface area contributed by atoms with Gasteiger partial charge in [0.25, 0.3) is 5.91 Å². The lowest BCUT2D eigenvalue weighted by molar-refractivity contribution is -0.141. The van der Waals surface area contributed by atoms with Crippen LogP contribution >= 0.6 is 11.8 Å². The van der Waals surface area contributed by atoms with Gasteiger partial charge >= 0.3 is 5.97 Å². The highest BCUT2D eigenvalue weighted by molar-refractivity contribution is 8.00. The molecule has 1 aromatic carbocycles. The Labute approximate surface area is 128 Å². The first-order valence-corrected chi connectivity index (χ1v) is 8.03. The van der Waals surface area contributed by atoms with Crippen LogP contribution in [0.25, 0.3) is 0 Å². The highest BCUT2D eigenvalue weighted by Gasteiger charge is 2.41. The van der Waals surface area contributed by atoms with E-state index in [-0.39, 0.29) is 11.3 Å². The number of carbonyl (C=O) groups is 2. The van der Waals surface area contributed by atoms with Crippen molar-refractivity contribution in [1.29, 1.82) is 0 Å². The van der Waals surface area contributed by atoms with Crippen molar-refractivity contribution >= 4 is 29.3 Å². The zero-order valence-corrected chi connectivity index (χ0v) is 13.0. The Kier molecular flexibility index (Phi) is 4.77. The summed E-state index contributed by atoms with van der Waals surface area (Å²) in [6.45, 7) is 3.91. The Morgan fingerprint density at radius 3 is 2.81 bits per heavy atom. The minimum Gasteiger partial charge on any atom is -0.480 e. The van der Waals surface area contributed by atoms with Gasteiger partial charge in [-0.2, -0.15) is 0 Å². The van der Waals surface area contributed by atoms with Gasteiger partial charge < -0.3 is 15.7 Å². The molecule has 1 heterocycles. The van der Waals surface area contributed by atoms with Gasteiger partial charge in [0.2, 0.25) is 0 Å². The maximum absolute atomic E-state index is 12.8. The van der Waals surface area contributed by atoms with E-state index in [0.717, 1.165) is 18.4 Å². The third-order valence-corrected chi connectivity index (χ3v) is 4.94. The molecule has 1 aromatic rings. The fraction of sp³-hybridized carbons (Fsp3) is 0.467. The van der Waals surface area contributed by atoms with Crippen molar-refractivity contribution in [2.24, 2.45) is 0 Å². The Balaban J connectivity index is 2.36. The molecule has 1 saturated heterocycles. The molecule has 1 amide bonds. The standard InChI is InChI=1S/C15H20N2O3S/c1-3-4-13-17(12(8-21-13)15(19)20)14(18)10-7-9(2)5-6-11(10)16/h5-7,12-13H,3-4,8,16H2,1-2H3,(H,19,20). The number of hydrogen-bond acceptors (Lipinski definition) is 4. The molecule has 0 aliphatic carbocycles. The number of carboxylic acid groups (broad SMARTS) is 1. The summed E-state index contributed by atoms with van der Waals surface area (Å²) in [5.74, 6) is -0.815. The second kappa shape index (κ2) is 6.39. The highest BCUT2D eigenvalue weighted by atomic mass is 32.2. The lowest BCUT2D eigenvalue weighted by atomic mass is 10.1. The lowest BCUT2D eigenvalue weighted by Crippen LogP contribution is -2.45. The Morgan fingerprint density at radius 2 is 2.19 bits per heavy atom. The first-order chi connectivity index (χ1) is 9.95. The molecule has 2 atom stereocenters. The molecule has 5 nitrogen and oxygen atoms in total. The molecule has 2 unspecified atom stereocenters. The van der Waals surface area contributed by atoms with Crippen LogP contribution in [0.5, 0.6) is 0 Å². The molecular formula is C15H20N2O3S. The van der Waals surface area contributed by atoms with Gasteiger partial charge in [0.15, 0.2) is 0 Å². The molecule has 3 N–H and O–H groups in total. The van der Waals surface area contributed by atoms with Crippen LogP contribution in [-0.2, 0) is 4.79 Å². The van der Waals surface area contributed by atoms with Crippen LogP contribution in [0.4, 0.5) is 5.69 Å². The van der Waals surface area contributed by atoms with Crippen LogP contribution in [-0.4, -0.2) is 39.1 Å². The van der Waals surface area contributed by atoms with E-state index < -0.39 is 12.0 Å². The first kappa shape index (κ1) is 15.7. The van der Waals surface area contributed by atoms with E-state index in [2.05, 4.69) is 0 Å². The maximum Gasteiger partial charge on any atom is 0.327 e. The van der Waals surface area contributed by atoms with Crippen LogP contribution in [0.1, 0.15) is 35.7 Å². The summed E-state index contributed by atoms with van der Waals surface area (Å²) in [5.41, 5.74) is 7.61. The third kappa shape index (κ3) is 3.15. The largest absolute Gasteiger partial charge is 0.480 e. The normalized spacial score (nSPS) is 21.5. The molecule has 21 heavy (non-hydrogen) atoms. The third-order valence-electron chi connectivity index (χ3n) is 3.59. The number of benzene rings is 1. The second-order valence-electron chi connectivity index (χ2n) is 5.23. The van der Waals surface area contributed by atoms with E-state index in [1.165, 1.54) is 16.7 Å². The monoisotopic (exact) mass is 308 g/mol. The number of nitrogens with two attached hydrogens (primary N) is 1. The van der Waals surface area contributed by atoms with Gasteiger partial charge in [-0.05, 0) is 25.5 Å². The summed E-state index contributed by atoms with van der Waals surface area (Å²) in [6.07, 6.45) is 1.68. The first-order valence-electron chi connectivity index (χ1n) is 6.99. The van der Waals surface area contributed by atoms with E-state index >= 15 is 0 Å². The molecule has 1 aliphatic heterocycles. The number of nitrogens with zero attached hydrogens (tertiary/aromatic N) is 1. The number of anilines is 1. The van der Waals surface area contributed by atoms with Crippen LogP contribution in [0.2, 0.25) is 0 Å². The average Bonchev–Trinajstić information content (AvgIpc) is 2.85. The quantitative estimate of drug-likeness (QED) is 0.834. The van der Waals surface area contributed by atoms with Crippen molar-refractivity contribution < 1.29 is 14.7 Å². The lowest BCUT2D eigenvalue weighted by Gasteiger charge is -2.27. The minimum absolute atomic E-state index is 0.0940. The average molecular weight is 308 g/mol. The fourth-order valence-electron chi connectivity index (χ4n) is 2.49. The van der Waals surface area contributed by atoms with E-state index in [4.69, 9.17) is 5.73 Å². The smallest absolute Gasteiger partial charge is 0.327 e. The van der Waals surface area contributed by atoms with Gasteiger partial charge in [0.1, 0.15) is 6.04 Å². The predicted molar refractivity (Wildman–Crippen MR) is 84.3 cm³/mol. The molecule has 0 saturated carbocycles. The molecule has 1 aliphatic rings. The van der Waals surface area contributed by atoms with Gasteiger partial charge in [-0.3, -0.25) is 4.79 Å². The minimum atomic E-state index is -0.958. The molecule has 0 spiro atoms. The predicted octanol–water partition coefficient (Wildman–Crippen LogP) is 2.35. The zero-order valence-electron chi connectivity index (χ0n) is 12.2. The number of aryl methyl sites for hydroxylation is 1. The van der Waals surface area contributed by atoms with Crippen molar-refractivity contribution in [2.75, 3.05) is 11.5 Å². The van der Waals surface area contributed by atoms with Crippen molar-refractivity contribution in [1.82, 2.24) is 4.90 Å². The number of carboxylic acids is 1. The van der Waals surface area contributed by atoms with Crippen LogP contribution in [0.3, 0.4) is 0 Å². The van der Waals surface area contributed by atoms with E-state index in [1.54, 1.807) is 12.1 Å². The van der Waals surface area contributed by atoms with Gasteiger partial charge in [-0.25, -0.2) is 4.79 Å². The van der Waals surface area contributed by atoms with E-state index in [9.17, 15) is 14.7 Å². The molecule has 0 radical (unpaired) electrons. The zero-order chi connectivity index (χ0) is 15.6. The highest BCUT2D eigenvalue weighted by Crippen LogP contribution is 2.34. The number of carbonyl (C=O) groups excluding carboxylic acids is 1. The number of aliphatic carboxylic acids is 1. The van der Waals surface area contributed by atoms with Crippen molar-refractivity contribution in [2.45, 2.75) is 38.1 Å². The second-order valence-corrected chi connectivity index (χ2v) is 6.44. The number of amides is 1. The van der Waals surface area contributed by atoms with Gasteiger partial charge in [0, 0.05) is 11.4 Å². The van der Waals surface area contributed by atoms with Gasteiger partial charge in [0.05, 0.1) is 10.9 Å². The SMILES string of the molecule is CCCC1SCC(C(=O)O)N1C(=O)c1cc(C)ccc1N. The summed E-state index contributed by atoms with van der Waals surface area (Å²) in [5, 5.41) is 9.26. The van der Waals surface area contributed by atoms with E-state index in [1.807, 2.05) is 19.9 Å². The summed E-state index contributed by atoms with van der Waals surface area (Å²) in [6, 6.07) is 4.47. The number of thioether (sulfide) groups is 1. The summed E-state index contributed by atoms with van der Waals surface area (Å²) in [7, 11) is 0. The van der Waals surface area contributed by atoms with Crippen molar-refractivity contribution in [3.05, 3.63) is 29.3 Å². The molecule has 0 aromatic heterocycles. The number of hydrogen-bond donors (Lipinski definition) is 2. The van der Waals surface area contributed by atoms with Crippen LogP contribution in [0.15, 0.2) is 18.2 Å². The number of nitrogen functional groups attached to an aromatic ring is 1. The Morgan fingerprint density at radius 1 is 1.48 bits per heavy atom. The summed E-state index contributed by atoms with van der Waals surface area (Å²) < 4.78 is 0. The molecule has 2 rings (SSSR count). The fourth-order valence-corrected chi connectivity index (χ4v) is 4.00. The van der Waals surface area contributed by atoms with Crippen molar-refractivity contribution in [3.8, 4) is 0 Å². The number of rotatable bonds is 4. The van der Waals surface area contributed by atoms with Crippen LogP contribution < -0.4 is 5.73 Å². The molecule has 0 bridgehead atoms. The van der Waals surface area contributed by atoms with Gasteiger partial charge in [-0.1, -0.05) is 25.0 Å². The van der Waals surface area contributed by atoms with Gasteiger partial charge in [-0.15, -0.1) is 11.8 Å². The molecular weight excluding hydrogens is 288 g/mol. The Hall–Kier alpha value is -1.69. The summed E-state index contributed by atoms with van der Waals surface area (Å²) in [4.78, 5) is 25.7. The summed E-state index contributed by atoms with van der Waals surface area (Å²) >= 11 is 1.53. The molecule has 1 fully saturated rings. The van der Waals surface area contributed by atoms with Crippen LogP contribution in [0, 0.1) is 6.92 Å². The maximum atomic E-state index is 12.8. The molecule has 114 valence electrons. The Bertz CT molecular complexity index is 562. The topological polar surface area (TPSA) is 83.6 Å². The van der Waals surface area contributed by atoms with E-state index in [0.29, 0.717) is 17.0 Å². The van der Waals surface area contributed by atoms with Crippen molar-refractivity contribution in [3.63, 3.8) is 0 Å².